The zero-order chi connectivity index (χ0) is 14.0. The van der Waals surface area contributed by atoms with Gasteiger partial charge in [-0.3, -0.25) is 0 Å². The lowest BCUT2D eigenvalue weighted by molar-refractivity contribution is 0.491. The van der Waals surface area contributed by atoms with Gasteiger partial charge in [-0.15, -0.1) is 0 Å². The molecule has 0 saturated heterocycles. The van der Waals surface area contributed by atoms with E-state index in [1.54, 1.807) is 6.07 Å². The van der Waals surface area contributed by atoms with Gasteiger partial charge in [-0.25, -0.2) is 0 Å². The Hall–Kier alpha value is -0.730. The lowest BCUT2D eigenvalue weighted by atomic mass is 9.86. The Balaban J connectivity index is 2.33. The minimum Gasteiger partial charge on any atom is -0.321 e. The first-order valence-corrected chi connectivity index (χ1v) is 7.01. The summed E-state index contributed by atoms with van der Waals surface area (Å²) >= 11 is 18.2. The summed E-state index contributed by atoms with van der Waals surface area (Å²) in [6.07, 6.45) is 0.590. The minimum absolute atomic E-state index is 0.543. The molecule has 0 heterocycles. The maximum absolute atomic E-state index is 6.40. The summed E-state index contributed by atoms with van der Waals surface area (Å²) < 4.78 is 0. The third-order valence-corrected chi connectivity index (χ3v) is 4.17. The Morgan fingerprint density at radius 1 is 1.05 bits per heavy atom. The predicted molar refractivity (Wildman–Crippen MR) is 83.2 cm³/mol. The van der Waals surface area contributed by atoms with Crippen LogP contribution in [0.3, 0.4) is 0 Å². The smallest absolute Gasteiger partial charge is 0.0625 e. The highest BCUT2D eigenvalue weighted by Gasteiger charge is 2.23. The minimum atomic E-state index is -0.556. The van der Waals surface area contributed by atoms with Crippen molar-refractivity contribution in [3.63, 3.8) is 0 Å². The van der Waals surface area contributed by atoms with E-state index >= 15 is 0 Å². The van der Waals surface area contributed by atoms with E-state index < -0.39 is 5.54 Å². The fourth-order valence-corrected chi connectivity index (χ4v) is 2.60. The van der Waals surface area contributed by atoms with Gasteiger partial charge < -0.3 is 5.73 Å². The Kier molecular flexibility index (Phi) is 4.42. The van der Waals surface area contributed by atoms with Crippen LogP contribution in [0.15, 0.2) is 42.5 Å². The molecule has 0 saturated carbocycles. The fourth-order valence-electron chi connectivity index (χ4n) is 2.03. The molecule has 0 amide bonds. The van der Waals surface area contributed by atoms with Gasteiger partial charge in [-0.2, -0.15) is 0 Å². The summed E-state index contributed by atoms with van der Waals surface area (Å²) in [7, 11) is 0. The van der Waals surface area contributed by atoms with Crippen molar-refractivity contribution < 1.29 is 0 Å². The molecule has 1 unspecified atom stereocenters. The van der Waals surface area contributed by atoms with Crippen molar-refractivity contribution in [2.24, 2.45) is 5.73 Å². The maximum Gasteiger partial charge on any atom is 0.0625 e. The SMILES string of the molecule is CC(N)(Cc1cccc(Cl)c1Cl)c1cccc(Cl)c1. The topological polar surface area (TPSA) is 26.0 Å². The van der Waals surface area contributed by atoms with Gasteiger partial charge >= 0.3 is 0 Å². The van der Waals surface area contributed by atoms with Crippen LogP contribution in [-0.4, -0.2) is 0 Å². The predicted octanol–water partition coefficient (Wildman–Crippen LogP) is 5.06. The number of benzene rings is 2. The normalized spacial score (nSPS) is 14.2. The first-order valence-electron chi connectivity index (χ1n) is 5.88. The Bertz CT molecular complexity index is 594. The van der Waals surface area contributed by atoms with Crippen LogP contribution in [0.4, 0.5) is 0 Å². The second-order valence-electron chi connectivity index (χ2n) is 4.82. The van der Waals surface area contributed by atoms with Gasteiger partial charge in [-0.05, 0) is 42.7 Å². The first kappa shape index (κ1) is 14.7. The van der Waals surface area contributed by atoms with Crippen molar-refractivity contribution in [1.29, 1.82) is 0 Å². The van der Waals surface area contributed by atoms with Crippen LogP contribution >= 0.6 is 34.8 Å². The van der Waals surface area contributed by atoms with Crippen LogP contribution in [0, 0.1) is 0 Å². The average molecular weight is 315 g/mol. The van der Waals surface area contributed by atoms with Crippen LogP contribution in [0.2, 0.25) is 15.1 Å². The quantitative estimate of drug-likeness (QED) is 0.841. The van der Waals surface area contributed by atoms with Crippen LogP contribution in [0.5, 0.6) is 0 Å². The number of rotatable bonds is 3. The van der Waals surface area contributed by atoms with Crippen molar-refractivity contribution in [2.75, 3.05) is 0 Å². The summed E-state index contributed by atoms with van der Waals surface area (Å²) in [6, 6.07) is 13.1. The molecular weight excluding hydrogens is 301 g/mol. The summed E-state index contributed by atoms with van der Waals surface area (Å²) in [5.74, 6) is 0. The van der Waals surface area contributed by atoms with E-state index in [1.807, 2.05) is 43.3 Å². The molecule has 0 aliphatic rings. The molecule has 2 N–H and O–H groups in total. The Morgan fingerprint density at radius 2 is 1.74 bits per heavy atom. The molecule has 0 radical (unpaired) electrons. The van der Waals surface area contributed by atoms with Crippen LogP contribution < -0.4 is 5.73 Å². The molecule has 1 nitrogen and oxygen atoms in total. The molecule has 0 aliphatic carbocycles. The highest BCUT2D eigenvalue weighted by molar-refractivity contribution is 6.42. The van der Waals surface area contributed by atoms with Gasteiger partial charge in [-0.1, -0.05) is 59.1 Å². The van der Waals surface area contributed by atoms with Gasteiger partial charge in [0.1, 0.15) is 0 Å². The van der Waals surface area contributed by atoms with E-state index in [9.17, 15) is 0 Å². The Morgan fingerprint density at radius 3 is 2.42 bits per heavy atom. The van der Waals surface area contributed by atoms with E-state index in [0.717, 1.165) is 11.1 Å². The lowest BCUT2D eigenvalue weighted by Gasteiger charge is -2.26. The molecule has 0 bridgehead atoms. The van der Waals surface area contributed by atoms with Crippen molar-refractivity contribution in [3.8, 4) is 0 Å². The van der Waals surface area contributed by atoms with Crippen molar-refractivity contribution in [1.82, 2.24) is 0 Å². The largest absolute Gasteiger partial charge is 0.321 e. The molecule has 19 heavy (non-hydrogen) atoms. The summed E-state index contributed by atoms with van der Waals surface area (Å²) in [5.41, 5.74) is 7.74. The van der Waals surface area contributed by atoms with E-state index in [2.05, 4.69) is 0 Å². The molecule has 1 atom stereocenters. The fraction of sp³-hybridized carbons (Fsp3) is 0.200. The highest BCUT2D eigenvalue weighted by atomic mass is 35.5. The molecule has 2 aromatic carbocycles. The monoisotopic (exact) mass is 313 g/mol. The molecule has 0 aliphatic heterocycles. The first-order chi connectivity index (χ1) is 8.90. The summed E-state index contributed by atoms with van der Waals surface area (Å²) in [6.45, 7) is 1.95. The molecule has 0 aromatic heterocycles. The van der Waals surface area contributed by atoms with Crippen molar-refractivity contribution in [2.45, 2.75) is 18.9 Å². The van der Waals surface area contributed by atoms with Gasteiger partial charge in [0.2, 0.25) is 0 Å². The van der Waals surface area contributed by atoms with E-state index in [-0.39, 0.29) is 0 Å². The van der Waals surface area contributed by atoms with Gasteiger partial charge in [0.15, 0.2) is 0 Å². The maximum atomic E-state index is 6.40. The van der Waals surface area contributed by atoms with Gasteiger partial charge in [0, 0.05) is 10.6 Å². The number of nitrogens with two attached hydrogens (primary N) is 1. The number of halogens is 3. The van der Waals surface area contributed by atoms with E-state index in [1.165, 1.54) is 0 Å². The highest BCUT2D eigenvalue weighted by Crippen LogP contribution is 2.31. The molecule has 100 valence electrons. The molecule has 2 aromatic rings. The summed E-state index contributed by atoms with van der Waals surface area (Å²) in [5, 5.41) is 1.77. The second kappa shape index (κ2) is 5.72. The van der Waals surface area contributed by atoms with Crippen molar-refractivity contribution >= 4 is 34.8 Å². The molecule has 4 heteroatoms. The van der Waals surface area contributed by atoms with Crippen LogP contribution in [0.1, 0.15) is 18.1 Å². The zero-order valence-electron chi connectivity index (χ0n) is 10.5. The standard InChI is InChI=1S/C15H14Cl3N/c1-15(19,11-5-3-6-12(16)8-11)9-10-4-2-7-13(17)14(10)18/h2-8H,9,19H2,1H3. The summed E-state index contributed by atoms with van der Waals surface area (Å²) in [4.78, 5) is 0. The number of hydrogen-bond acceptors (Lipinski definition) is 1. The number of hydrogen-bond donors (Lipinski definition) is 1. The van der Waals surface area contributed by atoms with Gasteiger partial charge in [0.25, 0.3) is 0 Å². The molecule has 0 fully saturated rings. The molecular formula is C15H14Cl3N. The second-order valence-corrected chi connectivity index (χ2v) is 6.04. The third-order valence-electron chi connectivity index (χ3n) is 3.07. The molecule has 0 spiro atoms. The molecule has 2 rings (SSSR count). The van der Waals surface area contributed by atoms with Crippen LogP contribution in [0.25, 0.3) is 0 Å². The third kappa shape index (κ3) is 3.43. The van der Waals surface area contributed by atoms with Gasteiger partial charge in [0.05, 0.1) is 10.0 Å². The van der Waals surface area contributed by atoms with E-state index in [4.69, 9.17) is 40.5 Å². The van der Waals surface area contributed by atoms with Crippen LogP contribution in [-0.2, 0) is 12.0 Å². The van der Waals surface area contributed by atoms with E-state index in [0.29, 0.717) is 21.5 Å². The lowest BCUT2D eigenvalue weighted by Crippen LogP contribution is -2.35. The Labute approximate surface area is 128 Å². The zero-order valence-corrected chi connectivity index (χ0v) is 12.7. The van der Waals surface area contributed by atoms with Crippen molar-refractivity contribution in [3.05, 3.63) is 68.7 Å². The average Bonchev–Trinajstić information content (AvgIpc) is 2.35.